The summed E-state index contributed by atoms with van der Waals surface area (Å²) >= 11 is 0. The van der Waals surface area contributed by atoms with Gasteiger partial charge in [0, 0.05) is 17.9 Å². The third-order valence-electron chi connectivity index (χ3n) is 5.59. The lowest BCUT2D eigenvalue weighted by atomic mass is 10.1. The zero-order valence-corrected chi connectivity index (χ0v) is 20.2. The van der Waals surface area contributed by atoms with E-state index in [4.69, 9.17) is 4.74 Å². The van der Waals surface area contributed by atoms with Gasteiger partial charge in [-0.2, -0.15) is 10.4 Å². The fourth-order valence-corrected chi connectivity index (χ4v) is 3.86. The number of hydrogen-bond acceptors (Lipinski definition) is 5. The number of amides is 1. The Hall–Kier alpha value is -4.12. The molecule has 0 atom stereocenters. The molecule has 2 heterocycles. The van der Waals surface area contributed by atoms with Crippen LogP contribution in [0.1, 0.15) is 41.7 Å². The van der Waals surface area contributed by atoms with Gasteiger partial charge in [-0.3, -0.25) is 4.79 Å². The topological polar surface area (TPSA) is 102 Å². The molecule has 0 aliphatic heterocycles. The summed E-state index contributed by atoms with van der Waals surface area (Å²) in [5.74, 6) is -1.35. The van der Waals surface area contributed by atoms with Crippen molar-refractivity contribution in [3.8, 4) is 11.8 Å². The number of carbonyl (C=O) groups excluding carboxylic acids is 2. The second-order valence-corrected chi connectivity index (χ2v) is 8.07. The summed E-state index contributed by atoms with van der Waals surface area (Å²) in [5.41, 5.74) is 5.47. The summed E-state index contributed by atoms with van der Waals surface area (Å²) in [5, 5.41) is 16.7. The molecule has 2 aromatic heterocycles. The number of nitriles is 1. The first-order valence-corrected chi connectivity index (χ1v) is 11.1. The van der Waals surface area contributed by atoms with Gasteiger partial charge in [0.2, 0.25) is 0 Å². The second kappa shape index (κ2) is 10.7. The van der Waals surface area contributed by atoms with Crippen LogP contribution >= 0.6 is 0 Å². The number of para-hydroxylation sites is 1. The summed E-state index contributed by atoms with van der Waals surface area (Å²) in [6.07, 6.45) is 2.48. The van der Waals surface area contributed by atoms with Crippen LogP contribution in [0.2, 0.25) is 0 Å². The molecular weight excluding hydrogens is 430 g/mol. The van der Waals surface area contributed by atoms with E-state index in [9.17, 15) is 14.9 Å². The van der Waals surface area contributed by atoms with E-state index in [1.807, 2.05) is 63.2 Å². The quantitative estimate of drug-likeness (QED) is 0.305. The van der Waals surface area contributed by atoms with E-state index in [0.29, 0.717) is 11.4 Å². The molecule has 1 aromatic carbocycles. The van der Waals surface area contributed by atoms with E-state index in [-0.39, 0.29) is 5.57 Å². The van der Waals surface area contributed by atoms with Gasteiger partial charge in [0.1, 0.15) is 11.6 Å². The number of carbonyl (C=O) groups is 2. The molecule has 34 heavy (non-hydrogen) atoms. The molecule has 0 radical (unpaired) electrons. The van der Waals surface area contributed by atoms with Crippen LogP contribution in [-0.2, 0) is 20.9 Å². The lowest BCUT2D eigenvalue weighted by molar-refractivity contribution is -0.142. The van der Waals surface area contributed by atoms with Crippen molar-refractivity contribution in [1.29, 1.82) is 5.26 Å². The number of aromatic nitrogens is 3. The molecule has 0 unspecified atom stereocenters. The molecule has 8 heteroatoms. The van der Waals surface area contributed by atoms with Crippen LogP contribution in [0.15, 0.2) is 42.0 Å². The van der Waals surface area contributed by atoms with Crippen LogP contribution in [0.5, 0.6) is 0 Å². The highest BCUT2D eigenvalue weighted by molar-refractivity contribution is 6.00. The van der Waals surface area contributed by atoms with Gasteiger partial charge < -0.3 is 14.6 Å². The lowest BCUT2D eigenvalue weighted by Gasteiger charge is -2.08. The van der Waals surface area contributed by atoms with Gasteiger partial charge in [0.15, 0.2) is 6.61 Å². The standard InChI is InChI=1S/C26H29N5O3/c1-6-12-30-17(2)13-21(19(30)4)14-22(15-27)26(33)34-16-24(32)28-25-18(3)29-31(20(25)5)23-10-8-7-9-11-23/h7-11,13-14H,6,12,16H2,1-5H3,(H,28,32)/b22-14+. The Bertz CT molecular complexity index is 1280. The number of hydrogen-bond donors (Lipinski definition) is 1. The fourth-order valence-electron chi connectivity index (χ4n) is 3.86. The molecule has 0 saturated heterocycles. The normalized spacial score (nSPS) is 11.2. The highest BCUT2D eigenvalue weighted by Gasteiger charge is 2.18. The predicted molar refractivity (Wildman–Crippen MR) is 130 cm³/mol. The molecule has 0 spiro atoms. The Balaban J connectivity index is 1.68. The minimum Gasteiger partial charge on any atom is -0.451 e. The number of ether oxygens (including phenoxy) is 1. The number of nitrogens with zero attached hydrogens (tertiary/aromatic N) is 4. The molecule has 0 aliphatic rings. The van der Waals surface area contributed by atoms with Crippen molar-refractivity contribution in [1.82, 2.24) is 14.3 Å². The SMILES string of the molecule is CCCn1c(C)cc(/C=C(\C#N)C(=O)OCC(=O)Nc2c(C)nn(-c3ccccc3)c2C)c1C. The van der Waals surface area contributed by atoms with E-state index < -0.39 is 18.5 Å². The van der Waals surface area contributed by atoms with E-state index in [2.05, 4.69) is 21.9 Å². The number of rotatable bonds is 8. The van der Waals surface area contributed by atoms with Crippen LogP contribution in [-0.4, -0.2) is 32.8 Å². The first-order valence-electron chi connectivity index (χ1n) is 11.1. The maximum absolute atomic E-state index is 12.5. The number of aryl methyl sites for hydroxylation is 2. The van der Waals surface area contributed by atoms with E-state index >= 15 is 0 Å². The number of nitrogens with one attached hydrogen (secondary N) is 1. The van der Waals surface area contributed by atoms with Crippen molar-refractivity contribution < 1.29 is 14.3 Å². The summed E-state index contributed by atoms with van der Waals surface area (Å²) in [4.78, 5) is 25.0. The predicted octanol–water partition coefficient (Wildman–Crippen LogP) is 4.41. The maximum atomic E-state index is 12.5. The van der Waals surface area contributed by atoms with Crippen molar-refractivity contribution in [2.24, 2.45) is 0 Å². The van der Waals surface area contributed by atoms with Crippen LogP contribution in [0.4, 0.5) is 5.69 Å². The van der Waals surface area contributed by atoms with Crippen molar-refractivity contribution in [2.75, 3.05) is 11.9 Å². The van der Waals surface area contributed by atoms with Crippen molar-refractivity contribution >= 4 is 23.6 Å². The zero-order valence-electron chi connectivity index (χ0n) is 20.2. The Kier molecular flexibility index (Phi) is 7.69. The fraction of sp³-hybridized carbons (Fsp3) is 0.308. The van der Waals surface area contributed by atoms with Crippen LogP contribution in [0.25, 0.3) is 11.8 Å². The van der Waals surface area contributed by atoms with Crippen molar-refractivity contribution in [3.63, 3.8) is 0 Å². The Morgan fingerprint density at radius 2 is 1.85 bits per heavy atom. The average Bonchev–Trinajstić information content (AvgIpc) is 3.26. The smallest absolute Gasteiger partial charge is 0.349 e. The van der Waals surface area contributed by atoms with Crippen LogP contribution in [0, 0.1) is 39.0 Å². The highest BCUT2D eigenvalue weighted by atomic mass is 16.5. The summed E-state index contributed by atoms with van der Waals surface area (Å²) in [7, 11) is 0. The lowest BCUT2D eigenvalue weighted by Crippen LogP contribution is -2.22. The molecule has 0 bridgehead atoms. The third-order valence-corrected chi connectivity index (χ3v) is 5.59. The van der Waals surface area contributed by atoms with Gasteiger partial charge in [-0.15, -0.1) is 0 Å². The van der Waals surface area contributed by atoms with E-state index in [0.717, 1.165) is 41.3 Å². The van der Waals surface area contributed by atoms with Gasteiger partial charge in [-0.25, -0.2) is 9.48 Å². The van der Waals surface area contributed by atoms with Gasteiger partial charge >= 0.3 is 5.97 Å². The molecular formula is C26H29N5O3. The molecule has 0 fully saturated rings. The number of esters is 1. The minimum atomic E-state index is -0.841. The molecule has 0 aliphatic carbocycles. The van der Waals surface area contributed by atoms with Crippen LogP contribution < -0.4 is 5.32 Å². The summed E-state index contributed by atoms with van der Waals surface area (Å²) in [6.45, 7) is 10.0. The van der Waals surface area contributed by atoms with Gasteiger partial charge in [0.25, 0.3) is 5.91 Å². The summed E-state index contributed by atoms with van der Waals surface area (Å²) in [6, 6.07) is 13.4. The second-order valence-electron chi connectivity index (χ2n) is 8.07. The summed E-state index contributed by atoms with van der Waals surface area (Å²) < 4.78 is 9.00. The Morgan fingerprint density at radius 3 is 2.50 bits per heavy atom. The van der Waals surface area contributed by atoms with Gasteiger partial charge in [0.05, 0.1) is 22.8 Å². The molecule has 8 nitrogen and oxygen atoms in total. The first-order chi connectivity index (χ1) is 16.3. The highest BCUT2D eigenvalue weighted by Crippen LogP contribution is 2.23. The van der Waals surface area contributed by atoms with E-state index in [1.54, 1.807) is 11.6 Å². The minimum absolute atomic E-state index is 0.159. The van der Waals surface area contributed by atoms with Crippen molar-refractivity contribution in [3.05, 3.63) is 70.3 Å². The van der Waals surface area contributed by atoms with Crippen LogP contribution in [0.3, 0.4) is 0 Å². The molecule has 3 aromatic rings. The first kappa shape index (κ1) is 24.5. The molecule has 1 N–H and O–H groups in total. The average molecular weight is 460 g/mol. The number of anilines is 1. The van der Waals surface area contributed by atoms with Gasteiger partial charge in [-0.1, -0.05) is 25.1 Å². The van der Waals surface area contributed by atoms with Crippen molar-refractivity contribution in [2.45, 2.75) is 47.6 Å². The zero-order chi connectivity index (χ0) is 24.8. The van der Waals surface area contributed by atoms with E-state index in [1.165, 1.54) is 6.08 Å². The Morgan fingerprint density at radius 1 is 1.15 bits per heavy atom. The maximum Gasteiger partial charge on any atom is 0.349 e. The molecule has 176 valence electrons. The molecule has 3 rings (SSSR count). The Labute approximate surface area is 199 Å². The van der Waals surface area contributed by atoms with Gasteiger partial charge in [-0.05, 0) is 64.0 Å². The third kappa shape index (κ3) is 5.26. The molecule has 1 amide bonds. The largest absolute Gasteiger partial charge is 0.451 e. The number of benzene rings is 1. The monoisotopic (exact) mass is 459 g/mol. The molecule has 0 saturated carbocycles.